The van der Waals surface area contributed by atoms with Crippen LogP contribution in [0.25, 0.3) is 0 Å². The third-order valence-electron chi connectivity index (χ3n) is 20.9. The third kappa shape index (κ3) is 21.6. The Bertz CT molecular complexity index is 5760. The van der Waals surface area contributed by atoms with Crippen LogP contribution < -0.4 is 53.2 Å². The first-order valence-electron chi connectivity index (χ1n) is 38.2. The zero-order valence-electron chi connectivity index (χ0n) is 65.7. The second-order valence-corrected chi connectivity index (χ2v) is 29.4. The maximum absolute atomic E-state index is 14.1. The Labute approximate surface area is 698 Å². The van der Waals surface area contributed by atoms with Crippen LogP contribution in [0, 0.1) is 125 Å². The number of halogens is 14. The molecule has 15 rings (SSSR count). The van der Waals surface area contributed by atoms with Crippen molar-refractivity contribution in [2.24, 2.45) is 29.6 Å². The summed E-state index contributed by atoms with van der Waals surface area (Å²) in [6, 6.07) is 40.1. The van der Waals surface area contributed by atoms with Crippen LogP contribution in [0.2, 0.25) is 0 Å². The van der Waals surface area contributed by atoms with Gasteiger partial charge in [0.05, 0.1) is 28.4 Å². The van der Waals surface area contributed by atoms with E-state index in [9.17, 15) is 109 Å². The van der Waals surface area contributed by atoms with Crippen LogP contribution in [0.3, 0.4) is 0 Å². The molecule has 5 aliphatic heterocycles. The Morgan fingerprint density at radius 2 is 0.661 bits per heavy atom. The van der Waals surface area contributed by atoms with Gasteiger partial charge < -0.3 is 53.2 Å². The van der Waals surface area contributed by atoms with Crippen LogP contribution >= 0.6 is 0 Å². The molecule has 10 amide bonds. The highest BCUT2D eigenvalue weighted by molar-refractivity contribution is 6.12. The number of hydrogen-bond donors (Lipinski definition) is 10. The Hall–Kier alpha value is -14.2. The number of carbonyl (C=O) groups excluding carboxylic acids is 10. The maximum atomic E-state index is 14.1. The number of anilines is 5. The van der Waals surface area contributed by atoms with Crippen LogP contribution in [0.15, 0.2) is 194 Å². The van der Waals surface area contributed by atoms with Gasteiger partial charge in [-0.1, -0.05) is 92.7 Å². The number of pyridine rings is 1. The Morgan fingerprint density at radius 3 is 1.06 bits per heavy atom. The zero-order valence-corrected chi connectivity index (χ0v) is 65.7. The summed E-state index contributed by atoms with van der Waals surface area (Å²) in [6.07, 6.45) is 1.67. The average Bonchev–Trinajstić information content (AvgIpc) is 1.65. The molecule has 5 saturated heterocycles. The number of benzene rings is 9. The summed E-state index contributed by atoms with van der Waals surface area (Å²) in [5, 5.41) is 24.5. The molecule has 6 heterocycles. The molecule has 644 valence electrons. The molecule has 0 spiro atoms. The van der Waals surface area contributed by atoms with Crippen molar-refractivity contribution in [1.29, 1.82) is 0 Å². The number of aromatic nitrogens is 1. The number of nitrogens with zero attached hydrogens (tertiary/aromatic N) is 1. The minimum atomic E-state index is -1.30. The molecular weight excluding hydrogens is 1650 g/mol. The Kier molecular flexibility index (Phi) is 29.2. The highest BCUT2D eigenvalue weighted by Crippen LogP contribution is 2.38. The molecule has 0 aliphatic carbocycles. The summed E-state index contributed by atoms with van der Waals surface area (Å²) >= 11 is 0. The molecule has 0 bridgehead atoms. The zero-order chi connectivity index (χ0) is 89.7. The summed E-state index contributed by atoms with van der Waals surface area (Å²) in [4.78, 5) is 127. The number of aryl methyl sites for hydroxylation is 2. The van der Waals surface area contributed by atoms with Crippen LogP contribution in [0.4, 0.5) is 89.9 Å². The van der Waals surface area contributed by atoms with Gasteiger partial charge >= 0.3 is 0 Å². The van der Waals surface area contributed by atoms with Gasteiger partial charge in [-0.25, -0.2) is 61.5 Å². The fourth-order valence-corrected chi connectivity index (χ4v) is 14.4. The van der Waals surface area contributed by atoms with Gasteiger partial charge in [0.2, 0.25) is 59.1 Å². The maximum Gasteiger partial charge on any atom is 0.237 e. The number of rotatable bonds is 16. The van der Waals surface area contributed by atoms with Crippen molar-refractivity contribution in [3.05, 3.63) is 320 Å². The van der Waals surface area contributed by atoms with Gasteiger partial charge in [-0.3, -0.25) is 52.9 Å². The molecule has 10 aromatic rings. The predicted molar refractivity (Wildman–Crippen MR) is 425 cm³/mol. The van der Waals surface area contributed by atoms with Gasteiger partial charge in [-0.2, -0.15) is 0 Å². The largest absolute Gasteiger partial charge is 0.355 e. The van der Waals surface area contributed by atoms with Gasteiger partial charge in [-0.15, -0.1) is 0 Å². The first kappa shape index (κ1) is 90.6. The SMILES string of the molecule is CC(C)c1cccc(C2CNC(=O)C2C(=O)Nc2cccc(F)c2F)c1.Cc1ccc(C2CNC(=O)C2C(=O)Nc2cccc(C)c2F)cn1.O=C1NCC(c2cc(F)cc(F)c2)C1C(=O)Nc1ccc(F)cc1F.O=C1NCC(c2ccc(F)c(F)c2)C1C(=O)Nc1cccc(F)c1F.O=C1NCC(c2ccc(F)c(F)c2)C1C(=O)Nc1ccccc1F. The van der Waals surface area contributed by atoms with E-state index in [-0.39, 0.29) is 71.3 Å². The summed E-state index contributed by atoms with van der Waals surface area (Å²) in [5.74, 6) is -27.9. The second kappa shape index (κ2) is 40.0. The quantitative estimate of drug-likeness (QED) is 0.0320. The van der Waals surface area contributed by atoms with Crippen molar-refractivity contribution in [2.75, 3.05) is 59.3 Å². The molecule has 5 aliphatic rings. The van der Waals surface area contributed by atoms with Gasteiger partial charge in [0.15, 0.2) is 46.5 Å². The smallest absolute Gasteiger partial charge is 0.237 e. The number of carbonyl (C=O) groups is 10. The van der Waals surface area contributed by atoms with Gasteiger partial charge in [0.1, 0.15) is 64.5 Å². The van der Waals surface area contributed by atoms with Crippen molar-refractivity contribution < 1.29 is 109 Å². The van der Waals surface area contributed by atoms with Crippen LogP contribution in [-0.4, -0.2) is 96.8 Å². The standard InChI is InChI=1S/C20H20F2N2O2.C18H18FN3O2.2C17H12F4N2O2.C17H13F3N2O2/c1-11(2)12-5-3-6-13(9-12)14-10-23-19(25)17(14)20(26)24-16-8-4-7-15(21)18(16)22;1-10-4-3-5-14(16(10)19)22-18(24)15-13(9-21-17(15)23)12-7-6-11(2)20-8-12;18-9-1-2-14(13(21)6-9)23-17(25)15-12(7-22-16(15)24)8-3-10(19)5-11(20)4-8;18-10-5-4-8(6-12(10)20)9-7-22-16(24)14(9)17(25)23-13-3-1-2-11(19)15(13)21;18-11-6-5-9(7-13(11)20)10-8-21-16(23)15(10)17(24)22-14-4-2-1-3-12(14)19/h3-9,11,14,17H,10H2,1-2H3,(H,23,25)(H,24,26);3-8,13,15H,9H2,1-2H3,(H,21,23)(H,22,24);1-6,12,15H,7H2,(H,22,24)(H,23,25);1-6,9,14H,7H2,(H,22,24)(H,23,25);1-7,10,15H,8H2,(H,21,23)(H,22,24). The van der Waals surface area contributed by atoms with Gasteiger partial charge in [-0.05, 0) is 156 Å². The van der Waals surface area contributed by atoms with E-state index in [2.05, 4.69) is 72.0 Å². The van der Waals surface area contributed by atoms with E-state index in [0.29, 0.717) is 42.3 Å². The van der Waals surface area contributed by atoms with Crippen molar-refractivity contribution in [3.63, 3.8) is 0 Å². The van der Waals surface area contributed by atoms with Gasteiger partial charge in [0.25, 0.3) is 0 Å². The molecule has 0 radical (unpaired) electrons. The minimum absolute atomic E-state index is 0.00567. The predicted octanol–water partition coefficient (Wildman–Crippen LogP) is 13.9. The number of nitrogens with one attached hydrogen (secondary N) is 10. The second-order valence-electron chi connectivity index (χ2n) is 29.4. The van der Waals surface area contributed by atoms with E-state index in [1.165, 1.54) is 54.6 Å². The van der Waals surface area contributed by atoms with E-state index in [1.807, 2.05) is 43.3 Å². The van der Waals surface area contributed by atoms with Crippen LogP contribution in [-0.2, 0) is 47.9 Å². The fraction of sp³-hybridized carbons (Fsp3) is 0.225. The van der Waals surface area contributed by atoms with Crippen molar-refractivity contribution in [1.82, 2.24) is 31.6 Å². The lowest BCUT2D eigenvalue weighted by Crippen LogP contribution is -2.32. The van der Waals surface area contributed by atoms with Gasteiger partial charge in [0, 0.05) is 86.3 Å². The van der Waals surface area contributed by atoms with Crippen LogP contribution in [0.1, 0.15) is 94.0 Å². The topological polar surface area (TPSA) is 304 Å². The monoisotopic (exact) mass is 1720 g/mol. The van der Waals surface area contributed by atoms with Crippen molar-refractivity contribution >= 4 is 87.5 Å². The van der Waals surface area contributed by atoms with E-state index in [4.69, 9.17) is 0 Å². The molecule has 0 saturated carbocycles. The lowest BCUT2D eigenvalue weighted by atomic mass is 9.86. The van der Waals surface area contributed by atoms with E-state index in [0.717, 1.165) is 89.1 Å². The lowest BCUT2D eigenvalue weighted by Gasteiger charge is -2.18. The number of hydrogen-bond acceptors (Lipinski definition) is 11. The highest BCUT2D eigenvalue weighted by Gasteiger charge is 2.47. The fourth-order valence-electron chi connectivity index (χ4n) is 14.4. The molecule has 10 unspecified atom stereocenters. The third-order valence-corrected chi connectivity index (χ3v) is 20.9. The normalized spacial score (nSPS) is 19.7. The minimum Gasteiger partial charge on any atom is -0.355 e. The molecule has 35 heteroatoms. The molecule has 21 nitrogen and oxygen atoms in total. The molecule has 5 fully saturated rings. The highest BCUT2D eigenvalue weighted by atomic mass is 19.2. The van der Waals surface area contributed by atoms with Crippen molar-refractivity contribution in [2.45, 2.75) is 63.2 Å². The van der Waals surface area contributed by atoms with E-state index in [1.54, 1.807) is 31.3 Å². The molecular formula is C89H75F14N11O10. The molecule has 9 aromatic carbocycles. The first-order valence-corrected chi connectivity index (χ1v) is 38.2. The Morgan fingerprint density at radius 1 is 0.306 bits per heavy atom. The lowest BCUT2D eigenvalue weighted by molar-refractivity contribution is -0.132. The van der Waals surface area contributed by atoms with E-state index < -0.39 is 188 Å². The summed E-state index contributed by atoms with van der Waals surface area (Å²) < 4.78 is 188. The number of amides is 10. The van der Waals surface area contributed by atoms with Crippen LogP contribution in [0.5, 0.6) is 0 Å². The molecule has 10 N–H and O–H groups in total. The molecule has 1 aromatic heterocycles. The Balaban J connectivity index is 0.000000151. The summed E-state index contributed by atoms with van der Waals surface area (Å²) in [7, 11) is 0. The first-order chi connectivity index (χ1) is 59.0. The average molecular weight is 1720 g/mol. The molecule has 124 heavy (non-hydrogen) atoms. The van der Waals surface area contributed by atoms with Crippen molar-refractivity contribution in [3.8, 4) is 0 Å². The number of para-hydroxylation sites is 1. The summed E-state index contributed by atoms with van der Waals surface area (Å²) in [6.45, 7) is 8.45. The molecule has 10 atom stereocenters. The summed E-state index contributed by atoms with van der Waals surface area (Å²) in [5.41, 5.74) is 3.84. The van der Waals surface area contributed by atoms with E-state index >= 15 is 0 Å².